The molecule has 2 aromatic carbocycles. The van der Waals surface area contributed by atoms with Gasteiger partial charge in [0.25, 0.3) is 0 Å². The van der Waals surface area contributed by atoms with Gasteiger partial charge in [-0.05, 0) is 38.0 Å². The van der Waals surface area contributed by atoms with Gasteiger partial charge in [-0.3, -0.25) is 9.36 Å². The molecule has 1 heterocycles. The molecule has 0 aliphatic heterocycles. The number of hydrogen-bond donors (Lipinski definition) is 0. The normalized spacial score (nSPS) is 13.7. The fourth-order valence-electron chi connectivity index (χ4n) is 2.80. The van der Waals surface area contributed by atoms with Crippen LogP contribution in [0.3, 0.4) is 0 Å². The molecule has 7 heteroatoms. The summed E-state index contributed by atoms with van der Waals surface area (Å²) in [6.45, 7) is 2.00. The topological polar surface area (TPSA) is 47.8 Å². The second-order valence-electron chi connectivity index (χ2n) is 6.63. The van der Waals surface area contributed by atoms with Crippen LogP contribution in [0.4, 0.5) is 0 Å². The zero-order valence-corrected chi connectivity index (χ0v) is 17.0. The first kappa shape index (κ1) is 18.5. The third kappa shape index (κ3) is 4.05. The van der Waals surface area contributed by atoms with Crippen LogP contribution >= 0.6 is 35.0 Å². The molecule has 1 saturated carbocycles. The van der Waals surface area contributed by atoms with Crippen molar-refractivity contribution < 1.29 is 4.79 Å². The first-order valence-electron chi connectivity index (χ1n) is 8.66. The predicted octanol–water partition coefficient (Wildman–Crippen LogP) is 5.73. The van der Waals surface area contributed by atoms with Crippen LogP contribution in [0.1, 0.15) is 40.5 Å². The molecule has 0 N–H and O–H groups in total. The van der Waals surface area contributed by atoms with E-state index in [1.165, 1.54) is 11.8 Å². The number of carbonyl (C=O) groups is 1. The van der Waals surface area contributed by atoms with Crippen molar-refractivity contribution in [1.82, 2.24) is 14.8 Å². The minimum atomic E-state index is 0.0664. The van der Waals surface area contributed by atoms with Crippen LogP contribution in [0, 0.1) is 6.92 Å². The van der Waals surface area contributed by atoms with Crippen molar-refractivity contribution in [2.24, 2.45) is 0 Å². The van der Waals surface area contributed by atoms with Crippen molar-refractivity contribution in [2.45, 2.75) is 30.8 Å². The maximum Gasteiger partial charge on any atom is 0.196 e. The van der Waals surface area contributed by atoms with E-state index in [-0.39, 0.29) is 5.78 Å². The van der Waals surface area contributed by atoms with E-state index < -0.39 is 0 Å². The van der Waals surface area contributed by atoms with Crippen molar-refractivity contribution in [2.75, 3.05) is 5.75 Å². The third-order valence-electron chi connectivity index (χ3n) is 4.47. The molecule has 27 heavy (non-hydrogen) atoms. The number of nitrogens with zero attached hydrogens (tertiary/aromatic N) is 3. The van der Waals surface area contributed by atoms with Crippen molar-refractivity contribution in [3.05, 3.63) is 69.5 Å². The molecule has 3 aromatic rings. The van der Waals surface area contributed by atoms with Gasteiger partial charge in [-0.15, -0.1) is 10.2 Å². The van der Waals surface area contributed by atoms with Gasteiger partial charge in [-0.1, -0.05) is 64.8 Å². The van der Waals surface area contributed by atoms with Crippen LogP contribution < -0.4 is 0 Å². The van der Waals surface area contributed by atoms with E-state index in [1.807, 2.05) is 47.9 Å². The number of benzene rings is 2. The molecule has 0 unspecified atom stereocenters. The zero-order chi connectivity index (χ0) is 19.0. The van der Waals surface area contributed by atoms with Gasteiger partial charge in [0, 0.05) is 11.5 Å². The number of hydrogen-bond acceptors (Lipinski definition) is 4. The molecule has 1 aliphatic carbocycles. The van der Waals surface area contributed by atoms with Gasteiger partial charge >= 0.3 is 0 Å². The maximum absolute atomic E-state index is 12.5. The van der Waals surface area contributed by atoms with E-state index in [2.05, 4.69) is 10.2 Å². The zero-order valence-electron chi connectivity index (χ0n) is 14.7. The van der Waals surface area contributed by atoms with Crippen molar-refractivity contribution in [3.63, 3.8) is 0 Å². The third-order valence-corrected chi connectivity index (χ3v) is 6.14. The first-order chi connectivity index (χ1) is 13.0. The summed E-state index contributed by atoms with van der Waals surface area (Å²) in [4.78, 5) is 12.5. The summed E-state index contributed by atoms with van der Waals surface area (Å²) in [6, 6.07) is 13.1. The molecule has 1 aliphatic rings. The summed E-state index contributed by atoms with van der Waals surface area (Å²) in [6.07, 6.45) is 2.21. The number of carbonyl (C=O) groups excluding carboxylic acids is 1. The Labute approximate surface area is 171 Å². The van der Waals surface area contributed by atoms with E-state index >= 15 is 0 Å². The Morgan fingerprint density at radius 3 is 2.52 bits per heavy atom. The number of aryl methyl sites for hydroxylation is 1. The van der Waals surface area contributed by atoms with Gasteiger partial charge in [0.05, 0.1) is 21.5 Å². The summed E-state index contributed by atoms with van der Waals surface area (Å²) in [5.41, 5.74) is 2.70. The second-order valence-corrected chi connectivity index (χ2v) is 8.38. The molecule has 138 valence electrons. The predicted molar refractivity (Wildman–Crippen MR) is 110 cm³/mol. The Hall–Kier alpha value is -1.82. The minimum absolute atomic E-state index is 0.0664. The number of rotatable bonds is 6. The van der Waals surface area contributed by atoms with Crippen LogP contribution in [-0.2, 0) is 0 Å². The highest BCUT2D eigenvalue weighted by Crippen LogP contribution is 2.41. The van der Waals surface area contributed by atoms with E-state index in [9.17, 15) is 4.79 Å². The molecule has 0 atom stereocenters. The fourth-order valence-corrected chi connectivity index (χ4v) is 3.95. The molecule has 0 radical (unpaired) electrons. The molecule has 1 aromatic heterocycles. The number of halogens is 2. The van der Waals surface area contributed by atoms with Gasteiger partial charge < -0.3 is 0 Å². The first-order valence-corrected chi connectivity index (χ1v) is 10.4. The molecule has 0 saturated heterocycles. The molecule has 4 nitrogen and oxygen atoms in total. The van der Waals surface area contributed by atoms with Gasteiger partial charge in [-0.2, -0.15) is 0 Å². The Kier molecular flexibility index (Phi) is 5.26. The van der Waals surface area contributed by atoms with Gasteiger partial charge in [-0.25, -0.2) is 0 Å². The Bertz CT molecular complexity index is 997. The second kappa shape index (κ2) is 7.66. The summed E-state index contributed by atoms with van der Waals surface area (Å²) in [5.74, 6) is 1.69. The van der Waals surface area contributed by atoms with Crippen LogP contribution in [0.25, 0.3) is 5.69 Å². The SMILES string of the molecule is Cc1ccc(C(=O)CSc2nnc(C3CC3)n2-c2ccc(Cl)c(Cl)c2)cc1. The maximum atomic E-state index is 12.5. The van der Waals surface area contributed by atoms with E-state index in [0.29, 0.717) is 32.4 Å². The average Bonchev–Trinajstić information content (AvgIpc) is 3.42. The minimum Gasteiger partial charge on any atom is -0.293 e. The van der Waals surface area contributed by atoms with E-state index in [0.717, 1.165) is 29.9 Å². The monoisotopic (exact) mass is 417 g/mol. The standard InChI is InChI=1S/C20H17Cl2N3OS/c1-12-2-4-13(5-3-12)18(26)11-27-20-24-23-19(14-6-7-14)25(20)15-8-9-16(21)17(22)10-15/h2-5,8-10,14H,6-7,11H2,1H3. The number of aromatic nitrogens is 3. The summed E-state index contributed by atoms with van der Waals surface area (Å²) < 4.78 is 1.99. The van der Waals surface area contributed by atoms with Crippen molar-refractivity contribution >= 4 is 40.7 Å². The number of ketones is 1. The fraction of sp³-hybridized carbons (Fsp3) is 0.250. The van der Waals surface area contributed by atoms with Gasteiger partial charge in [0.15, 0.2) is 10.9 Å². The van der Waals surface area contributed by atoms with Crippen LogP contribution in [0.5, 0.6) is 0 Å². The summed E-state index contributed by atoms with van der Waals surface area (Å²) >= 11 is 13.6. The van der Waals surface area contributed by atoms with Crippen molar-refractivity contribution in [1.29, 1.82) is 0 Å². The lowest BCUT2D eigenvalue weighted by atomic mass is 10.1. The lowest BCUT2D eigenvalue weighted by Gasteiger charge is -2.10. The van der Waals surface area contributed by atoms with E-state index in [1.54, 1.807) is 6.07 Å². The van der Waals surface area contributed by atoms with Crippen LogP contribution in [0.15, 0.2) is 47.6 Å². The lowest BCUT2D eigenvalue weighted by Crippen LogP contribution is -2.06. The van der Waals surface area contributed by atoms with Gasteiger partial charge in [0.2, 0.25) is 0 Å². The number of thioether (sulfide) groups is 1. The lowest BCUT2D eigenvalue weighted by molar-refractivity contribution is 0.102. The summed E-state index contributed by atoms with van der Waals surface area (Å²) in [5, 5.41) is 10.4. The van der Waals surface area contributed by atoms with E-state index in [4.69, 9.17) is 23.2 Å². The van der Waals surface area contributed by atoms with Crippen LogP contribution in [0.2, 0.25) is 10.0 Å². The van der Waals surface area contributed by atoms with Crippen LogP contribution in [-0.4, -0.2) is 26.3 Å². The molecular formula is C20H17Cl2N3OS. The highest BCUT2D eigenvalue weighted by molar-refractivity contribution is 7.99. The quantitative estimate of drug-likeness (QED) is 0.379. The molecule has 0 bridgehead atoms. The van der Waals surface area contributed by atoms with Gasteiger partial charge in [0.1, 0.15) is 5.82 Å². The summed E-state index contributed by atoms with van der Waals surface area (Å²) in [7, 11) is 0. The molecule has 0 amide bonds. The Morgan fingerprint density at radius 1 is 1.11 bits per heavy atom. The Morgan fingerprint density at radius 2 is 1.85 bits per heavy atom. The Balaban J connectivity index is 1.60. The largest absolute Gasteiger partial charge is 0.293 e. The highest BCUT2D eigenvalue weighted by Gasteiger charge is 2.31. The molecule has 0 spiro atoms. The number of Topliss-reactive ketones (excluding diaryl/α,β-unsaturated/α-hetero) is 1. The molecule has 4 rings (SSSR count). The average molecular weight is 418 g/mol. The molecule has 1 fully saturated rings. The smallest absolute Gasteiger partial charge is 0.196 e. The highest BCUT2D eigenvalue weighted by atomic mass is 35.5. The molecular weight excluding hydrogens is 401 g/mol. The van der Waals surface area contributed by atoms with Crippen molar-refractivity contribution in [3.8, 4) is 5.69 Å².